The number of aliphatic imine (C=N–C) groups is 1. The van der Waals surface area contributed by atoms with Gasteiger partial charge in [0.05, 0.1) is 5.70 Å². The van der Waals surface area contributed by atoms with Crippen LogP contribution in [0.5, 0.6) is 0 Å². The topological polar surface area (TPSA) is 51.5 Å². The Morgan fingerprint density at radius 2 is 1.26 bits per heavy atom. The standard InChI is InChI=1S/C50H40N2O/c1-32-27-38(36-23-26-48-43(30-36)42-14-8-10-16-47(42)53-48)29-39(28-32)46(52-49(51)35-11-5-4-6-12-35)25-19-33-17-20-34(21-18-33)37-22-24-41-40-13-7-9-15-44(40)50(2,3)45(41)31-37/h4-18,20-31H,19H2,1-3H3,(H2,51,52)/b46-25-. The summed E-state index contributed by atoms with van der Waals surface area (Å²) in [5.41, 5.74) is 23.7. The Kier molecular flexibility index (Phi) is 7.93. The van der Waals surface area contributed by atoms with Crippen LogP contribution in [0.1, 0.15) is 47.2 Å². The van der Waals surface area contributed by atoms with Gasteiger partial charge in [-0.1, -0.05) is 141 Å². The first-order valence-corrected chi connectivity index (χ1v) is 18.3. The number of hydrogen-bond acceptors (Lipinski definition) is 2. The van der Waals surface area contributed by atoms with Crippen molar-refractivity contribution in [2.75, 3.05) is 0 Å². The average Bonchev–Trinajstić information content (AvgIpc) is 3.68. The minimum Gasteiger partial charge on any atom is -0.456 e. The number of nitrogens with zero attached hydrogens (tertiary/aromatic N) is 1. The van der Waals surface area contributed by atoms with E-state index in [1.807, 2.05) is 42.5 Å². The second-order valence-electron chi connectivity index (χ2n) is 14.7. The minimum atomic E-state index is -0.0266. The van der Waals surface area contributed by atoms with Gasteiger partial charge in [-0.05, 0) is 105 Å². The summed E-state index contributed by atoms with van der Waals surface area (Å²) in [7, 11) is 0. The molecule has 2 N–H and O–H groups in total. The molecule has 0 amide bonds. The number of allylic oxidation sites excluding steroid dienone is 1. The highest BCUT2D eigenvalue weighted by Crippen LogP contribution is 2.49. The van der Waals surface area contributed by atoms with Gasteiger partial charge in [-0.15, -0.1) is 0 Å². The molecule has 9 rings (SSSR count). The zero-order chi connectivity index (χ0) is 36.1. The van der Waals surface area contributed by atoms with Crippen LogP contribution >= 0.6 is 0 Å². The van der Waals surface area contributed by atoms with Gasteiger partial charge >= 0.3 is 0 Å². The zero-order valence-corrected chi connectivity index (χ0v) is 30.2. The molecule has 8 aromatic rings. The minimum absolute atomic E-state index is 0.0266. The van der Waals surface area contributed by atoms with Crippen LogP contribution in [0.3, 0.4) is 0 Å². The van der Waals surface area contributed by atoms with Crippen LogP contribution < -0.4 is 5.73 Å². The summed E-state index contributed by atoms with van der Waals surface area (Å²) in [6, 6.07) is 55.9. The van der Waals surface area contributed by atoms with Gasteiger partial charge in [0.15, 0.2) is 0 Å². The van der Waals surface area contributed by atoms with E-state index < -0.39 is 0 Å². The van der Waals surface area contributed by atoms with Crippen molar-refractivity contribution < 1.29 is 4.42 Å². The molecule has 0 saturated carbocycles. The van der Waals surface area contributed by atoms with E-state index in [2.05, 4.69) is 142 Å². The molecule has 0 unspecified atom stereocenters. The quantitative estimate of drug-likeness (QED) is 0.134. The van der Waals surface area contributed by atoms with E-state index in [9.17, 15) is 0 Å². The van der Waals surface area contributed by atoms with E-state index in [0.717, 1.165) is 55.5 Å². The largest absolute Gasteiger partial charge is 0.456 e. The van der Waals surface area contributed by atoms with Crippen molar-refractivity contribution in [3.63, 3.8) is 0 Å². The van der Waals surface area contributed by atoms with E-state index in [1.165, 1.54) is 38.9 Å². The normalized spacial score (nSPS) is 13.7. The van der Waals surface area contributed by atoms with E-state index in [4.69, 9.17) is 15.1 Å². The molecule has 0 atom stereocenters. The van der Waals surface area contributed by atoms with Crippen LogP contribution in [0.15, 0.2) is 173 Å². The predicted octanol–water partition coefficient (Wildman–Crippen LogP) is 12.5. The number of para-hydroxylation sites is 1. The molecule has 0 spiro atoms. The molecule has 1 aliphatic rings. The zero-order valence-electron chi connectivity index (χ0n) is 30.2. The molecule has 53 heavy (non-hydrogen) atoms. The molecule has 1 heterocycles. The highest BCUT2D eigenvalue weighted by molar-refractivity contribution is 6.06. The van der Waals surface area contributed by atoms with Gasteiger partial charge in [0.2, 0.25) is 0 Å². The highest BCUT2D eigenvalue weighted by atomic mass is 16.3. The Hall–Kier alpha value is -6.45. The number of rotatable bonds is 7. The van der Waals surface area contributed by atoms with Gasteiger partial charge in [0.1, 0.15) is 17.0 Å². The summed E-state index contributed by atoms with van der Waals surface area (Å²) in [6.07, 6.45) is 2.91. The van der Waals surface area contributed by atoms with E-state index in [-0.39, 0.29) is 5.41 Å². The van der Waals surface area contributed by atoms with Gasteiger partial charge in [0, 0.05) is 27.3 Å². The van der Waals surface area contributed by atoms with Crippen molar-refractivity contribution >= 4 is 33.5 Å². The first kappa shape index (κ1) is 32.5. The lowest BCUT2D eigenvalue weighted by Gasteiger charge is -2.22. The lowest BCUT2D eigenvalue weighted by molar-refractivity contribution is 0.660. The van der Waals surface area contributed by atoms with E-state index in [1.54, 1.807) is 0 Å². The molecule has 0 fully saturated rings. The number of amidine groups is 1. The number of aryl methyl sites for hydroxylation is 1. The Balaban J connectivity index is 1.05. The fourth-order valence-corrected chi connectivity index (χ4v) is 7.97. The number of benzene rings is 7. The van der Waals surface area contributed by atoms with E-state index >= 15 is 0 Å². The van der Waals surface area contributed by atoms with Crippen LogP contribution in [-0.2, 0) is 11.8 Å². The third-order valence-electron chi connectivity index (χ3n) is 10.8. The summed E-state index contributed by atoms with van der Waals surface area (Å²) in [5, 5.41) is 2.23. The van der Waals surface area contributed by atoms with Crippen molar-refractivity contribution in [2.24, 2.45) is 10.7 Å². The lowest BCUT2D eigenvalue weighted by atomic mass is 9.81. The smallest absolute Gasteiger partial charge is 0.135 e. The molecule has 1 aromatic heterocycles. The number of hydrogen-bond donors (Lipinski definition) is 1. The first-order valence-electron chi connectivity index (χ1n) is 18.3. The monoisotopic (exact) mass is 684 g/mol. The van der Waals surface area contributed by atoms with Crippen molar-refractivity contribution in [1.82, 2.24) is 0 Å². The molecule has 7 aromatic carbocycles. The Morgan fingerprint density at radius 3 is 2.11 bits per heavy atom. The Morgan fingerprint density at radius 1 is 0.585 bits per heavy atom. The van der Waals surface area contributed by atoms with Crippen molar-refractivity contribution in [3.8, 4) is 33.4 Å². The van der Waals surface area contributed by atoms with Crippen molar-refractivity contribution in [1.29, 1.82) is 0 Å². The molecule has 3 heteroatoms. The molecular weight excluding hydrogens is 645 g/mol. The Bertz CT molecular complexity index is 2730. The number of furan rings is 1. The van der Waals surface area contributed by atoms with Gasteiger partial charge in [-0.25, -0.2) is 4.99 Å². The lowest BCUT2D eigenvalue weighted by Crippen LogP contribution is -2.14. The maximum Gasteiger partial charge on any atom is 0.135 e. The predicted molar refractivity (Wildman–Crippen MR) is 222 cm³/mol. The summed E-state index contributed by atoms with van der Waals surface area (Å²) in [5.74, 6) is 0.489. The van der Waals surface area contributed by atoms with Crippen LogP contribution in [0.4, 0.5) is 0 Å². The maximum absolute atomic E-state index is 6.66. The van der Waals surface area contributed by atoms with Gasteiger partial charge in [-0.3, -0.25) is 0 Å². The molecule has 1 aliphatic carbocycles. The molecular formula is C50H40N2O. The first-order chi connectivity index (χ1) is 25.8. The molecule has 3 nitrogen and oxygen atoms in total. The second kappa shape index (κ2) is 13.0. The van der Waals surface area contributed by atoms with Crippen LogP contribution in [-0.4, -0.2) is 5.84 Å². The fraction of sp³-hybridized carbons (Fsp3) is 0.100. The van der Waals surface area contributed by atoms with Crippen LogP contribution in [0.2, 0.25) is 0 Å². The van der Waals surface area contributed by atoms with Crippen molar-refractivity contribution in [2.45, 2.75) is 32.6 Å². The molecule has 0 bridgehead atoms. The maximum atomic E-state index is 6.66. The fourth-order valence-electron chi connectivity index (χ4n) is 7.97. The van der Waals surface area contributed by atoms with Crippen LogP contribution in [0, 0.1) is 6.92 Å². The summed E-state index contributed by atoms with van der Waals surface area (Å²) in [4.78, 5) is 5.06. The number of fused-ring (bicyclic) bond motifs is 6. The average molecular weight is 685 g/mol. The van der Waals surface area contributed by atoms with Gasteiger partial charge in [0.25, 0.3) is 0 Å². The highest BCUT2D eigenvalue weighted by Gasteiger charge is 2.35. The SMILES string of the molecule is Cc1cc(/C(=C/Cc2ccc(-c3ccc4c(c3)C(C)(C)c3ccccc3-4)cc2)N=C(N)c2ccccc2)cc(-c2ccc3oc4ccccc4c3c2)c1. The summed E-state index contributed by atoms with van der Waals surface area (Å²) >= 11 is 0. The second-order valence-corrected chi connectivity index (χ2v) is 14.7. The Labute approximate surface area is 310 Å². The molecule has 0 radical (unpaired) electrons. The number of nitrogens with two attached hydrogens (primary N) is 1. The summed E-state index contributed by atoms with van der Waals surface area (Å²) in [6.45, 7) is 6.80. The molecule has 256 valence electrons. The van der Waals surface area contributed by atoms with Gasteiger partial charge in [-0.2, -0.15) is 0 Å². The third kappa shape index (κ3) is 5.94. The van der Waals surface area contributed by atoms with Crippen molar-refractivity contribution in [3.05, 3.63) is 197 Å². The molecule has 0 saturated heterocycles. The molecule has 0 aliphatic heterocycles. The summed E-state index contributed by atoms with van der Waals surface area (Å²) < 4.78 is 6.12. The van der Waals surface area contributed by atoms with Crippen LogP contribution in [0.25, 0.3) is 61.0 Å². The van der Waals surface area contributed by atoms with E-state index in [0.29, 0.717) is 12.3 Å². The van der Waals surface area contributed by atoms with Gasteiger partial charge < -0.3 is 10.2 Å². The third-order valence-corrected chi connectivity index (χ3v) is 10.8.